The van der Waals surface area contributed by atoms with Gasteiger partial charge in [-0.15, -0.1) is 0 Å². The van der Waals surface area contributed by atoms with Gasteiger partial charge in [0.25, 0.3) is 0 Å². The zero-order valence-electron chi connectivity index (χ0n) is 12.2. The van der Waals surface area contributed by atoms with Crippen molar-refractivity contribution in [2.75, 3.05) is 12.3 Å². The Balaban J connectivity index is 2.46. The lowest BCUT2D eigenvalue weighted by molar-refractivity contribution is -0.0550. The van der Waals surface area contributed by atoms with E-state index in [1.807, 2.05) is 0 Å². The summed E-state index contributed by atoms with van der Waals surface area (Å²) in [6, 6.07) is 0. The Hall–Kier alpha value is -1.81. The van der Waals surface area contributed by atoms with Crippen LogP contribution in [0.25, 0.3) is 0 Å². The van der Waals surface area contributed by atoms with Gasteiger partial charge in [-0.2, -0.15) is 4.98 Å². The van der Waals surface area contributed by atoms with E-state index in [9.17, 15) is 19.8 Å². The van der Waals surface area contributed by atoms with Crippen molar-refractivity contribution in [2.24, 2.45) is 5.92 Å². The van der Waals surface area contributed by atoms with Gasteiger partial charge >= 0.3 is 5.69 Å². The molecule has 0 radical (unpaired) electrons. The zero-order valence-corrected chi connectivity index (χ0v) is 12.2. The summed E-state index contributed by atoms with van der Waals surface area (Å²) in [5.41, 5.74) is 4.81. The van der Waals surface area contributed by atoms with E-state index in [4.69, 9.17) is 15.6 Å². The second kappa shape index (κ2) is 6.13. The molecule has 22 heavy (non-hydrogen) atoms. The van der Waals surface area contributed by atoms with E-state index in [1.165, 1.54) is 0 Å². The SMILES string of the molecule is CC(C)C(=O)c1cn(C2O[C@H](CO)[C@@H](O)[C@H]2O)c(=O)nc1N. The molecule has 4 atom stereocenters. The van der Waals surface area contributed by atoms with Gasteiger partial charge < -0.3 is 25.8 Å². The molecule has 0 aromatic carbocycles. The summed E-state index contributed by atoms with van der Waals surface area (Å²) < 4.78 is 6.16. The van der Waals surface area contributed by atoms with Crippen LogP contribution in [0.1, 0.15) is 30.4 Å². The molecule has 0 amide bonds. The van der Waals surface area contributed by atoms with Crippen LogP contribution in [0.5, 0.6) is 0 Å². The second-order valence-electron chi connectivity index (χ2n) is 5.48. The number of carbonyl (C=O) groups excluding carboxylic acids is 1. The molecule has 2 heterocycles. The lowest BCUT2D eigenvalue weighted by Crippen LogP contribution is -2.37. The minimum Gasteiger partial charge on any atom is -0.394 e. The number of aliphatic hydroxyl groups is 3. The fraction of sp³-hybridized carbons (Fsp3) is 0.615. The molecule has 1 aromatic rings. The predicted octanol–water partition coefficient (Wildman–Crippen LogP) is -1.72. The highest BCUT2D eigenvalue weighted by molar-refractivity contribution is 6.00. The number of Topliss-reactive ketones (excluding diaryl/α,β-unsaturated/α-hetero) is 1. The van der Waals surface area contributed by atoms with Gasteiger partial charge in [0.1, 0.15) is 24.1 Å². The topological polar surface area (TPSA) is 148 Å². The fourth-order valence-corrected chi connectivity index (χ4v) is 2.27. The van der Waals surface area contributed by atoms with Crippen molar-refractivity contribution in [3.8, 4) is 0 Å². The van der Waals surface area contributed by atoms with Gasteiger partial charge in [0.05, 0.1) is 12.2 Å². The molecule has 2 rings (SSSR count). The van der Waals surface area contributed by atoms with Crippen LogP contribution in [0.2, 0.25) is 0 Å². The van der Waals surface area contributed by atoms with Crippen molar-refractivity contribution in [1.82, 2.24) is 9.55 Å². The third-order valence-electron chi connectivity index (χ3n) is 3.56. The Morgan fingerprint density at radius 3 is 2.59 bits per heavy atom. The molecule has 5 N–H and O–H groups in total. The normalized spacial score (nSPS) is 28.3. The maximum atomic E-state index is 12.1. The Morgan fingerprint density at radius 1 is 1.45 bits per heavy atom. The standard InChI is InChI=1S/C13H19N3O6/c1-5(2)8(18)6-3-16(13(21)15-11(6)14)12-10(20)9(19)7(4-17)22-12/h3,5,7,9-10,12,17,19-20H,4H2,1-2H3,(H2,14,15,21)/t7-,9-,10-,12?/m1/s1. The van der Waals surface area contributed by atoms with E-state index in [1.54, 1.807) is 13.8 Å². The molecule has 0 saturated carbocycles. The summed E-state index contributed by atoms with van der Waals surface area (Å²) in [7, 11) is 0. The van der Waals surface area contributed by atoms with Gasteiger partial charge in [0.15, 0.2) is 12.0 Å². The van der Waals surface area contributed by atoms with E-state index in [2.05, 4.69) is 4.98 Å². The molecule has 9 heteroatoms. The van der Waals surface area contributed by atoms with Gasteiger partial charge in [-0.25, -0.2) is 4.79 Å². The van der Waals surface area contributed by atoms with Gasteiger partial charge in [-0.3, -0.25) is 9.36 Å². The highest BCUT2D eigenvalue weighted by Gasteiger charge is 2.44. The third kappa shape index (κ3) is 2.75. The number of anilines is 1. The Bertz CT molecular complexity index is 629. The summed E-state index contributed by atoms with van der Waals surface area (Å²) in [6.07, 6.45) is -3.93. The summed E-state index contributed by atoms with van der Waals surface area (Å²) in [5.74, 6) is -0.877. The maximum Gasteiger partial charge on any atom is 0.351 e. The first-order valence-corrected chi connectivity index (χ1v) is 6.83. The number of hydrogen-bond acceptors (Lipinski definition) is 8. The van der Waals surface area contributed by atoms with Crippen molar-refractivity contribution in [2.45, 2.75) is 38.4 Å². The number of nitrogen functional groups attached to an aromatic ring is 1. The van der Waals surface area contributed by atoms with Gasteiger partial charge in [-0.05, 0) is 0 Å². The fourth-order valence-electron chi connectivity index (χ4n) is 2.27. The molecule has 9 nitrogen and oxygen atoms in total. The number of ether oxygens (including phenoxy) is 1. The van der Waals surface area contributed by atoms with Gasteiger partial charge in [0.2, 0.25) is 0 Å². The van der Waals surface area contributed by atoms with E-state index in [0.29, 0.717) is 0 Å². The lowest BCUT2D eigenvalue weighted by atomic mass is 10.0. The molecule has 0 bridgehead atoms. The van der Waals surface area contributed by atoms with Crippen molar-refractivity contribution in [3.05, 3.63) is 22.2 Å². The molecule has 1 aliphatic heterocycles. The number of aliphatic hydroxyl groups excluding tert-OH is 3. The van der Waals surface area contributed by atoms with Crippen molar-refractivity contribution in [1.29, 1.82) is 0 Å². The monoisotopic (exact) mass is 313 g/mol. The predicted molar refractivity (Wildman–Crippen MR) is 75.1 cm³/mol. The molecule has 0 aliphatic carbocycles. The van der Waals surface area contributed by atoms with E-state index < -0.39 is 36.8 Å². The van der Waals surface area contributed by atoms with Crippen LogP contribution in [0.4, 0.5) is 5.82 Å². The first kappa shape index (κ1) is 16.6. The number of nitrogens with two attached hydrogens (primary N) is 1. The van der Waals surface area contributed by atoms with Crippen LogP contribution < -0.4 is 11.4 Å². The van der Waals surface area contributed by atoms with Crippen LogP contribution in [0.3, 0.4) is 0 Å². The highest BCUT2D eigenvalue weighted by Crippen LogP contribution is 2.28. The Labute approximate surface area is 126 Å². The van der Waals surface area contributed by atoms with Crippen molar-refractivity contribution >= 4 is 11.6 Å². The Kier molecular flexibility index (Phi) is 4.61. The number of hydrogen-bond donors (Lipinski definition) is 4. The van der Waals surface area contributed by atoms with Gasteiger partial charge in [-0.1, -0.05) is 13.8 Å². The minimum atomic E-state index is -1.44. The molecule has 1 unspecified atom stereocenters. The summed E-state index contributed by atoms with van der Waals surface area (Å²) in [4.78, 5) is 27.6. The summed E-state index contributed by atoms with van der Waals surface area (Å²) in [5, 5.41) is 28.8. The first-order valence-electron chi connectivity index (χ1n) is 6.83. The van der Waals surface area contributed by atoms with Crippen LogP contribution in [0, 0.1) is 5.92 Å². The molecular weight excluding hydrogens is 294 g/mol. The van der Waals surface area contributed by atoms with E-state index in [-0.39, 0.29) is 23.1 Å². The van der Waals surface area contributed by atoms with Crippen molar-refractivity contribution in [3.63, 3.8) is 0 Å². The molecule has 0 spiro atoms. The summed E-state index contributed by atoms with van der Waals surface area (Å²) >= 11 is 0. The Morgan fingerprint density at radius 2 is 2.09 bits per heavy atom. The van der Waals surface area contributed by atoms with E-state index in [0.717, 1.165) is 10.8 Å². The average molecular weight is 313 g/mol. The third-order valence-corrected chi connectivity index (χ3v) is 3.56. The molecule has 1 aromatic heterocycles. The molecule has 1 fully saturated rings. The quantitative estimate of drug-likeness (QED) is 0.480. The van der Waals surface area contributed by atoms with E-state index >= 15 is 0 Å². The number of nitrogens with zero attached hydrogens (tertiary/aromatic N) is 2. The largest absolute Gasteiger partial charge is 0.394 e. The first-order chi connectivity index (χ1) is 10.3. The molecule has 1 saturated heterocycles. The molecule has 1 aliphatic rings. The number of carbonyl (C=O) groups is 1. The van der Waals surface area contributed by atoms with Crippen LogP contribution in [0.15, 0.2) is 11.0 Å². The smallest absolute Gasteiger partial charge is 0.351 e. The number of ketones is 1. The zero-order chi connectivity index (χ0) is 16.6. The highest BCUT2D eigenvalue weighted by atomic mass is 16.6. The minimum absolute atomic E-state index is 0.0346. The second-order valence-corrected chi connectivity index (χ2v) is 5.48. The molecule has 122 valence electrons. The number of aromatic nitrogens is 2. The maximum absolute atomic E-state index is 12.1. The van der Waals surface area contributed by atoms with Crippen molar-refractivity contribution < 1.29 is 24.9 Å². The average Bonchev–Trinajstić information content (AvgIpc) is 2.74. The lowest BCUT2D eigenvalue weighted by Gasteiger charge is -2.18. The number of rotatable bonds is 4. The summed E-state index contributed by atoms with van der Waals surface area (Å²) in [6.45, 7) is 2.82. The van der Waals surface area contributed by atoms with Gasteiger partial charge in [0, 0.05) is 12.1 Å². The molecular formula is C13H19N3O6. The van der Waals surface area contributed by atoms with Crippen LogP contribution in [-0.2, 0) is 4.74 Å². The van der Waals surface area contributed by atoms with Crippen LogP contribution in [-0.4, -0.2) is 55.6 Å². The van der Waals surface area contributed by atoms with Crippen LogP contribution >= 0.6 is 0 Å².